The monoisotopic (exact) mass is 232 g/mol. The Morgan fingerprint density at radius 1 is 1.19 bits per heavy atom. The van der Waals surface area contributed by atoms with E-state index in [0.29, 0.717) is 6.42 Å². The fourth-order valence-electron chi connectivity index (χ4n) is 1.18. The lowest BCUT2D eigenvalue weighted by atomic mass is 9.98. The van der Waals surface area contributed by atoms with Gasteiger partial charge in [-0.25, -0.2) is 9.59 Å². The van der Waals surface area contributed by atoms with Gasteiger partial charge in [0.1, 0.15) is 5.60 Å². The number of rotatable bonds is 4. The van der Waals surface area contributed by atoms with Gasteiger partial charge in [-0.3, -0.25) is 0 Å². The van der Waals surface area contributed by atoms with Crippen LogP contribution in [0.15, 0.2) is 0 Å². The van der Waals surface area contributed by atoms with Crippen molar-refractivity contribution in [1.29, 1.82) is 0 Å². The van der Waals surface area contributed by atoms with Crippen LogP contribution in [0.25, 0.3) is 0 Å². The average Bonchev–Trinajstić information content (AvgIpc) is 2.14. The summed E-state index contributed by atoms with van der Waals surface area (Å²) >= 11 is 0. The van der Waals surface area contributed by atoms with Crippen LogP contribution < -0.4 is 0 Å². The zero-order valence-corrected chi connectivity index (χ0v) is 10.5. The highest BCUT2D eigenvalue weighted by atomic mass is 16.6. The molecule has 0 aliphatic rings. The SMILES string of the molecule is CCCC(O)(C(=O)OC)C(=O)OC(C)(C)C. The molecule has 1 N–H and O–H groups in total. The normalized spacial score (nSPS) is 15.1. The lowest BCUT2D eigenvalue weighted by Crippen LogP contribution is -2.50. The number of hydrogen-bond donors (Lipinski definition) is 1. The Bertz CT molecular complexity index is 266. The molecule has 0 heterocycles. The number of aliphatic hydroxyl groups is 1. The molecule has 1 unspecified atom stereocenters. The van der Waals surface area contributed by atoms with Crippen LogP contribution >= 0.6 is 0 Å². The Kier molecular flexibility index (Phi) is 4.93. The second-order valence-corrected chi connectivity index (χ2v) is 4.60. The molecular formula is C11H20O5. The summed E-state index contributed by atoms with van der Waals surface area (Å²) in [5.41, 5.74) is -2.95. The van der Waals surface area contributed by atoms with Crippen LogP contribution in [0, 0.1) is 0 Å². The first kappa shape index (κ1) is 14.9. The van der Waals surface area contributed by atoms with E-state index in [1.54, 1.807) is 27.7 Å². The first-order chi connectivity index (χ1) is 7.17. The predicted octanol–water partition coefficient (Wildman–Crippen LogP) is 1.03. The molecule has 0 amide bonds. The van der Waals surface area contributed by atoms with Gasteiger partial charge in [0.25, 0.3) is 5.60 Å². The highest BCUT2D eigenvalue weighted by Crippen LogP contribution is 2.20. The van der Waals surface area contributed by atoms with Crippen molar-refractivity contribution in [1.82, 2.24) is 0 Å². The van der Waals surface area contributed by atoms with E-state index in [1.807, 2.05) is 0 Å². The van der Waals surface area contributed by atoms with Crippen LogP contribution in [0.4, 0.5) is 0 Å². The summed E-state index contributed by atoms with van der Waals surface area (Å²) in [6.45, 7) is 6.73. The summed E-state index contributed by atoms with van der Waals surface area (Å²) in [5, 5.41) is 9.96. The highest BCUT2D eigenvalue weighted by Gasteiger charge is 2.47. The van der Waals surface area contributed by atoms with Crippen LogP contribution in [-0.4, -0.2) is 35.4 Å². The van der Waals surface area contributed by atoms with E-state index in [0.717, 1.165) is 7.11 Å². The van der Waals surface area contributed by atoms with Crippen molar-refractivity contribution in [3.8, 4) is 0 Å². The zero-order valence-electron chi connectivity index (χ0n) is 10.5. The maximum Gasteiger partial charge on any atom is 0.350 e. The molecule has 94 valence electrons. The predicted molar refractivity (Wildman–Crippen MR) is 57.7 cm³/mol. The molecular weight excluding hydrogens is 212 g/mol. The number of methoxy groups -OCH3 is 1. The minimum absolute atomic E-state index is 0.0193. The zero-order chi connectivity index (χ0) is 13.0. The van der Waals surface area contributed by atoms with E-state index in [-0.39, 0.29) is 6.42 Å². The number of carbonyl (C=O) groups excluding carboxylic acids is 2. The first-order valence-corrected chi connectivity index (χ1v) is 5.21. The summed E-state index contributed by atoms with van der Waals surface area (Å²) in [6, 6.07) is 0. The molecule has 0 aromatic rings. The van der Waals surface area contributed by atoms with E-state index in [4.69, 9.17) is 4.74 Å². The Balaban J connectivity index is 4.91. The minimum atomic E-state index is -2.20. The van der Waals surface area contributed by atoms with Gasteiger partial charge in [-0.15, -0.1) is 0 Å². The Morgan fingerprint density at radius 2 is 1.69 bits per heavy atom. The number of carbonyl (C=O) groups is 2. The molecule has 0 saturated heterocycles. The molecule has 1 atom stereocenters. The van der Waals surface area contributed by atoms with Gasteiger partial charge in [0.05, 0.1) is 7.11 Å². The van der Waals surface area contributed by atoms with Crippen molar-refractivity contribution in [2.24, 2.45) is 0 Å². The molecule has 0 aliphatic carbocycles. The summed E-state index contributed by atoms with van der Waals surface area (Å²) in [5.74, 6) is -1.95. The van der Waals surface area contributed by atoms with Crippen LogP contribution in [0.2, 0.25) is 0 Å². The third-order valence-electron chi connectivity index (χ3n) is 1.87. The van der Waals surface area contributed by atoms with Crippen molar-refractivity contribution in [3.63, 3.8) is 0 Å². The molecule has 0 aromatic heterocycles. The van der Waals surface area contributed by atoms with Gasteiger partial charge in [-0.2, -0.15) is 0 Å². The van der Waals surface area contributed by atoms with Gasteiger partial charge in [0.2, 0.25) is 0 Å². The molecule has 0 aromatic carbocycles. The lowest BCUT2D eigenvalue weighted by Gasteiger charge is -2.27. The third kappa shape index (κ3) is 3.81. The molecule has 0 spiro atoms. The molecule has 0 bridgehead atoms. The quantitative estimate of drug-likeness (QED) is 0.579. The topological polar surface area (TPSA) is 72.8 Å². The molecule has 0 fully saturated rings. The lowest BCUT2D eigenvalue weighted by molar-refractivity contribution is -0.190. The van der Waals surface area contributed by atoms with Gasteiger partial charge in [-0.1, -0.05) is 13.3 Å². The van der Waals surface area contributed by atoms with Gasteiger partial charge >= 0.3 is 11.9 Å². The van der Waals surface area contributed by atoms with Crippen molar-refractivity contribution in [2.45, 2.75) is 51.7 Å². The smallest absolute Gasteiger partial charge is 0.350 e. The van der Waals surface area contributed by atoms with Gasteiger partial charge < -0.3 is 14.6 Å². The van der Waals surface area contributed by atoms with Gasteiger partial charge in [0, 0.05) is 0 Å². The molecule has 0 rings (SSSR count). The summed E-state index contributed by atoms with van der Waals surface area (Å²) in [6.07, 6.45) is 0.444. The molecule has 0 aliphatic heterocycles. The maximum absolute atomic E-state index is 11.7. The molecule has 0 radical (unpaired) electrons. The van der Waals surface area contributed by atoms with Crippen molar-refractivity contribution >= 4 is 11.9 Å². The fourth-order valence-corrected chi connectivity index (χ4v) is 1.18. The number of hydrogen-bond acceptors (Lipinski definition) is 5. The fraction of sp³-hybridized carbons (Fsp3) is 0.818. The van der Waals surface area contributed by atoms with E-state index < -0.39 is 23.1 Å². The summed E-state index contributed by atoms with van der Waals surface area (Å²) in [4.78, 5) is 23.1. The molecule has 0 saturated carbocycles. The van der Waals surface area contributed by atoms with Gasteiger partial charge in [0.15, 0.2) is 0 Å². The number of esters is 2. The summed E-state index contributed by atoms with van der Waals surface area (Å²) in [7, 11) is 1.12. The molecule has 16 heavy (non-hydrogen) atoms. The minimum Gasteiger partial charge on any atom is -0.466 e. The van der Waals surface area contributed by atoms with Crippen molar-refractivity contribution in [2.75, 3.05) is 7.11 Å². The Hall–Kier alpha value is -1.10. The Morgan fingerprint density at radius 3 is 2.00 bits per heavy atom. The first-order valence-electron chi connectivity index (χ1n) is 5.21. The highest BCUT2D eigenvalue weighted by molar-refractivity contribution is 6.03. The summed E-state index contributed by atoms with van der Waals surface area (Å²) < 4.78 is 9.40. The second-order valence-electron chi connectivity index (χ2n) is 4.60. The van der Waals surface area contributed by atoms with E-state index in [1.165, 1.54) is 0 Å². The van der Waals surface area contributed by atoms with Gasteiger partial charge in [-0.05, 0) is 27.2 Å². The van der Waals surface area contributed by atoms with Crippen LogP contribution in [0.1, 0.15) is 40.5 Å². The van der Waals surface area contributed by atoms with Crippen LogP contribution in [0.3, 0.4) is 0 Å². The maximum atomic E-state index is 11.7. The molecule has 5 heteroatoms. The average molecular weight is 232 g/mol. The molecule has 5 nitrogen and oxygen atoms in total. The van der Waals surface area contributed by atoms with E-state index in [2.05, 4.69) is 4.74 Å². The van der Waals surface area contributed by atoms with Crippen molar-refractivity contribution < 1.29 is 24.2 Å². The standard InChI is InChI=1S/C11H20O5/c1-6-7-11(14,8(12)15-5)9(13)16-10(2,3)4/h14H,6-7H2,1-5H3. The van der Waals surface area contributed by atoms with Crippen molar-refractivity contribution in [3.05, 3.63) is 0 Å². The van der Waals surface area contributed by atoms with Crippen LogP contribution in [-0.2, 0) is 19.1 Å². The number of ether oxygens (including phenoxy) is 2. The second kappa shape index (κ2) is 5.30. The van der Waals surface area contributed by atoms with E-state index in [9.17, 15) is 14.7 Å². The largest absolute Gasteiger partial charge is 0.466 e. The van der Waals surface area contributed by atoms with E-state index >= 15 is 0 Å². The Labute approximate surface area is 95.7 Å². The third-order valence-corrected chi connectivity index (χ3v) is 1.87. The van der Waals surface area contributed by atoms with Crippen LogP contribution in [0.5, 0.6) is 0 Å².